The fourth-order valence-corrected chi connectivity index (χ4v) is 2.31. The summed E-state index contributed by atoms with van der Waals surface area (Å²) < 4.78 is 57.8. The van der Waals surface area contributed by atoms with Crippen LogP contribution in [0.3, 0.4) is 0 Å². The molecule has 0 fully saturated rings. The molecule has 1 aromatic heterocycles. The highest BCUT2D eigenvalue weighted by molar-refractivity contribution is 6.11. The molecular weight excluding hydrogens is 290 g/mol. The average Bonchev–Trinajstić information content (AvgIpc) is 2.72. The van der Waals surface area contributed by atoms with Gasteiger partial charge >= 0.3 is 6.18 Å². The first-order chi connectivity index (χ1) is 9.75. The number of rotatable bonds is 4. The number of fused-ring (bicyclic) bond motifs is 1. The number of hydrogen-bond donors (Lipinski definition) is 0. The van der Waals surface area contributed by atoms with Crippen molar-refractivity contribution in [3.8, 4) is 0 Å². The van der Waals surface area contributed by atoms with E-state index < -0.39 is 23.3 Å². The zero-order chi connectivity index (χ0) is 15.8. The predicted molar refractivity (Wildman–Crippen MR) is 68.9 cm³/mol. The number of aryl methyl sites for hydroxylation is 1. The highest BCUT2D eigenvalue weighted by atomic mass is 19.4. The number of carbonyl (C=O) groups is 1. The maximum atomic E-state index is 13.5. The van der Waals surface area contributed by atoms with Crippen molar-refractivity contribution < 1.29 is 27.1 Å². The summed E-state index contributed by atoms with van der Waals surface area (Å²) in [5.41, 5.74) is 0.319. The van der Waals surface area contributed by atoms with E-state index in [2.05, 4.69) is 0 Å². The highest BCUT2D eigenvalue weighted by Gasteiger charge is 2.41. The molecule has 21 heavy (non-hydrogen) atoms. The van der Waals surface area contributed by atoms with E-state index in [1.807, 2.05) is 0 Å². The van der Waals surface area contributed by atoms with E-state index in [0.29, 0.717) is 11.1 Å². The van der Waals surface area contributed by atoms with E-state index in [9.17, 15) is 22.4 Å². The van der Waals surface area contributed by atoms with Gasteiger partial charge in [0.05, 0.1) is 17.7 Å². The number of methoxy groups -OCH3 is 1. The van der Waals surface area contributed by atoms with Gasteiger partial charge in [-0.25, -0.2) is 4.39 Å². The minimum absolute atomic E-state index is 0.0362. The van der Waals surface area contributed by atoms with Crippen LogP contribution < -0.4 is 0 Å². The molecule has 1 aromatic carbocycles. The Kier molecular flexibility index (Phi) is 4.04. The van der Waals surface area contributed by atoms with Crippen LogP contribution in [-0.4, -0.2) is 30.2 Å². The Hall–Kier alpha value is -1.89. The van der Waals surface area contributed by atoms with Gasteiger partial charge in [0.25, 0.3) is 5.78 Å². The molecular formula is C14H13F4NO2. The normalized spacial score (nSPS) is 12.1. The maximum Gasteiger partial charge on any atom is 0.454 e. The van der Waals surface area contributed by atoms with E-state index in [-0.39, 0.29) is 18.5 Å². The monoisotopic (exact) mass is 303 g/mol. The zero-order valence-corrected chi connectivity index (χ0v) is 11.4. The van der Waals surface area contributed by atoms with Crippen LogP contribution in [0, 0.1) is 12.7 Å². The quantitative estimate of drug-likeness (QED) is 0.639. The van der Waals surface area contributed by atoms with Gasteiger partial charge in [-0.2, -0.15) is 13.2 Å². The molecule has 2 rings (SSSR count). The van der Waals surface area contributed by atoms with Crippen LogP contribution in [-0.2, 0) is 11.3 Å². The fraction of sp³-hybridized carbons (Fsp3) is 0.357. The molecule has 0 aliphatic heterocycles. The van der Waals surface area contributed by atoms with Crippen molar-refractivity contribution in [2.75, 3.05) is 13.7 Å². The van der Waals surface area contributed by atoms with Gasteiger partial charge in [-0.15, -0.1) is 0 Å². The van der Waals surface area contributed by atoms with Gasteiger partial charge in [0.1, 0.15) is 5.82 Å². The third-order valence-electron chi connectivity index (χ3n) is 3.17. The third-order valence-corrected chi connectivity index (χ3v) is 3.17. The lowest BCUT2D eigenvalue weighted by molar-refractivity contribution is -0.0884. The van der Waals surface area contributed by atoms with Crippen LogP contribution in [0.4, 0.5) is 17.6 Å². The molecule has 0 saturated carbocycles. The van der Waals surface area contributed by atoms with Crippen molar-refractivity contribution in [2.24, 2.45) is 0 Å². The molecule has 0 atom stereocenters. The van der Waals surface area contributed by atoms with Gasteiger partial charge in [-0.1, -0.05) is 0 Å². The van der Waals surface area contributed by atoms with Crippen LogP contribution in [0.1, 0.15) is 15.9 Å². The second-order valence-corrected chi connectivity index (χ2v) is 4.67. The molecule has 0 aliphatic rings. The van der Waals surface area contributed by atoms with E-state index in [1.165, 1.54) is 17.7 Å². The SMILES string of the molecule is COCCn1cc(C(=O)C(F)(F)F)c2cc(F)cc(C)c21. The molecule has 0 radical (unpaired) electrons. The molecule has 0 unspecified atom stereocenters. The fourth-order valence-electron chi connectivity index (χ4n) is 2.31. The molecule has 3 nitrogen and oxygen atoms in total. The summed E-state index contributed by atoms with van der Waals surface area (Å²) in [5.74, 6) is -2.66. The molecule has 2 aromatic rings. The van der Waals surface area contributed by atoms with Gasteiger partial charge in [0.15, 0.2) is 0 Å². The Labute approximate surface area is 118 Å². The Bertz CT molecular complexity index is 688. The summed E-state index contributed by atoms with van der Waals surface area (Å²) >= 11 is 0. The van der Waals surface area contributed by atoms with Crippen LogP contribution in [0.25, 0.3) is 10.9 Å². The minimum Gasteiger partial charge on any atom is -0.383 e. The van der Waals surface area contributed by atoms with Crippen LogP contribution in [0.2, 0.25) is 0 Å². The summed E-state index contributed by atoms with van der Waals surface area (Å²) in [5, 5.41) is -0.0362. The standard InChI is InChI=1S/C14H13F4NO2/c1-8-5-9(15)6-10-11(13(20)14(16,17)18)7-19(12(8)10)3-4-21-2/h5-7H,3-4H2,1-2H3. The van der Waals surface area contributed by atoms with E-state index >= 15 is 0 Å². The van der Waals surface area contributed by atoms with E-state index in [1.54, 1.807) is 6.92 Å². The van der Waals surface area contributed by atoms with Gasteiger partial charge in [0.2, 0.25) is 0 Å². The number of ether oxygens (including phenoxy) is 1. The maximum absolute atomic E-state index is 13.5. The molecule has 7 heteroatoms. The second kappa shape index (κ2) is 5.48. The van der Waals surface area contributed by atoms with Crippen molar-refractivity contribution >= 4 is 16.7 Å². The molecule has 0 bridgehead atoms. The largest absolute Gasteiger partial charge is 0.454 e. The first-order valence-corrected chi connectivity index (χ1v) is 6.15. The predicted octanol–water partition coefficient (Wildman–Crippen LogP) is 3.48. The lowest BCUT2D eigenvalue weighted by Gasteiger charge is -2.06. The summed E-state index contributed by atoms with van der Waals surface area (Å²) in [7, 11) is 1.46. The number of hydrogen-bond acceptors (Lipinski definition) is 2. The van der Waals surface area contributed by atoms with Crippen molar-refractivity contribution in [1.82, 2.24) is 4.57 Å². The van der Waals surface area contributed by atoms with Crippen LogP contribution in [0.5, 0.6) is 0 Å². The Morgan fingerprint density at radius 1 is 1.33 bits per heavy atom. The summed E-state index contributed by atoms with van der Waals surface area (Å²) in [4.78, 5) is 11.5. The number of ketones is 1. The van der Waals surface area contributed by atoms with E-state index in [4.69, 9.17) is 4.74 Å². The van der Waals surface area contributed by atoms with Crippen molar-refractivity contribution in [2.45, 2.75) is 19.6 Å². The van der Waals surface area contributed by atoms with Gasteiger partial charge in [-0.05, 0) is 24.6 Å². The van der Waals surface area contributed by atoms with Crippen LogP contribution in [0.15, 0.2) is 18.3 Å². The third kappa shape index (κ3) is 2.92. The van der Waals surface area contributed by atoms with Crippen molar-refractivity contribution in [3.63, 3.8) is 0 Å². The number of nitrogens with zero attached hydrogens (tertiary/aromatic N) is 1. The van der Waals surface area contributed by atoms with Crippen molar-refractivity contribution in [3.05, 3.63) is 35.3 Å². The summed E-state index contributed by atoms with van der Waals surface area (Å²) in [6, 6.07) is 2.16. The Balaban J connectivity index is 2.68. The number of benzene rings is 1. The minimum atomic E-state index is -5.00. The summed E-state index contributed by atoms with van der Waals surface area (Å²) in [6.07, 6.45) is -3.90. The van der Waals surface area contributed by atoms with Gasteiger partial charge < -0.3 is 9.30 Å². The van der Waals surface area contributed by atoms with Crippen molar-refractivity contribution in [1.29, 1.82) is 0 Å². The molecule has 0 amide bonds. The molecule has 1 heterocycles. The Morgan fingerprint density at radius 3 is 2.57 bits per heavy atom. The lowest BCUT2D eigenvalue weighted by atomic mass is 10.1. The molecule has 0 aliphatic carbocycles. The second-order valence-electron chi connectivity index (χ2n) is 4.67. The Morgan fingerprint density at radius 2 is 2.00 bits per heavy atom. The number of alkyl halides is 3. The molecule has 0 spiro atoms. The van der Waals surface area contributed by atoms with Gasteiger partial charge in [0, 0.05) is 25.2 Å². The topological polar surface area (TPSA) is 31.2 Å². The smallest absolute Gasteiger partial charge is 0.383 e. The van der Waals surface area contributed by atoms with E-state index in [0.717, 1.165) is 12.3 Å². The van der Waals surface area contributed by atoms with Gasteiger partial charge in [-0.3, -0.25) is 4.79 Å². The van der Waals surface area contributed by atoms with Crippen LogP contribution >= 0.6 is 0 Å². The number of aromatic nitrogens is 1. The zero-order valence-electron chi connectivity index (χ0n) is 11.4. The number of carbonyl (C=O) groups excluding carboxylic acids is 1. The lowest BCUT2D eigenvalue weighted by Crippen LogP contribution is -2.22. The number of Topliss-reactive ketones (excluding diaryl/α,β-unsaturated/α-hetero) is 1. The number of halogens is 4. The highest BCUT2D eigenvalue weighted by Crippen LogP contribution is 2.31. The summed E-state index contributed by atoms with van der Waals surface area (Å²) in [6.45, 7) is 2.11. The molecule has 0 saturated heterocycles. The molecule has 0 N–H and O–H groups in total. The first kappa shape index (κ1) is 15.5. The molecule has 114 valence electrons. The average molecular weight is 303 g/mol. The first-order valence-electron chi connectivity index (χ1n) is 6.15.